The van der Waals surface area contributed by atoms with Crippen molar-refractivity contribution in [1.82, 2.24) is 14.8 Å². The molecular formula is C26H25N3O3. The number of hydrogen-bond donors (Lipinski definition) is 1. The van der Waals surface area contributed by atoms with Gasteiger partial charge in [0.1, 0.15) is 11.5 Å². The molecule has 6 nitrogen and oxygen atoms in total. The summed E-state index contributed by atoms with van der Waals surface area (Å²) in [6.07, 6.45) is 5.06. The lowest BCUT2D eigenvalue weighted by molar-refractivity contribution is 0.101. The number of ketones is 1. The van der Waals surface area contributed by atoms with Crippen LogP contribution in [0.5, 0.6) is 11.5 Å². The number of phenols is 1. The molecule has 2 aliphatic rings. The third kappa shape index (κ3) is 4.28. The monoisotopic (exact) mass is 427 g/mol. The van der Waals surface area contributed by atoms with E-state index in [1.165, 1.54) is 5.56 Å². The van der Waals surface area contributed by atoms with Crippen molar-refractivity contribution in [3.8, 4) is 11.5 Å². The van der Waals surface area contributed by atoms with Gasteiger partial charge in [-0.25, -0.2) is 0 Å². The molecule has 0 saturated carbocycles. The number of carbonyl (C=O) groups excluding carboxylic acids is 1. The maximum absolute atomic E-state index is 12.9. The molecule has 2 aliphatic heterocycles. The van der Waals surface area contributed by atoms with Crippen LogP contribution >= 0.6 is 0 Å². The van der Waals surface area contributed by atoms with Gasteiger partial charge in [-0.15, -0.1) is 0 Å². The zero-order chi connectivity index (χ0) is 21.9. The van der Waals surface area contributed by atoms with Crippen molar-refractivity contribution in [2.24, 2.45) is 0 Å². The number of ether oxygens (including phenoxy) is 1. The number of phenolic OH excluding ortho intramolecular Hbond substituents is 1. The van der Waals surface area contributed by atoms with Gasteiger partial charge in [0, 0.05) is 51.7 Å². The van der Waals surface area contributed by atoms with Gasteiger partial charge < -0.3 is 9.84 Å². The van der Waals surface area contributed by atoms with E-state index in [1.54, 1.807) is 30.6 Å². The molecule has 1 fully saturated rings. The molecule has 32 heavy (non-hydrogen) atoms. The maximum atomic E-state index is 12.9. The maximum Gasteiger partial charge on any atom is 0.231 e. The Balaban J connectivity index is 1.28. The van der Waals surface area contributed by atoms with E-state index >= 15 is 0 Å². The fraction of sp³-hybridized carbons (Fsp3) is 0.231. The van der Waals surface area contributed by atoms with Crippen molar-refractivity contribution in [3.05, 3.63) is 95.0 Å². The van der Waals surface area contributed by atoms with Gasteiger partial charge in [-0.05, 0) is 35.4 Å². The number of benzene rings is 2. The van der Waals surface area contributed by atoms with Gasteiger partial charge in [-0.3, -0.25) is 19.6 Å². The van der Waals surface area contributed by atoms with E-state index in [0.717, 1.165) is 38.3 Å². The van der Waals surface area contributed by atoms with Crippen LogP contribution in [0.4, 0.5) is 0 Å². The Kier molecular flexibility index (Phi) is 5.71. The molecule has 162 valence electrons. The molecule has 1 N–H and O–H groups in total. The average Bonchev–Trinajstić information content (AvgIpc) is 3.13. The molecule has 0 aliphatic carbocycles. The first-order valence-electron chi connectivity index (χ1n) is 10.8. The van der Waals surface area contributed by atoms with Gasteiger partial charge in [0.25, 0.3) is 0 Å². The standard InChI is InChI=1S/C26H25N3O3/c30-23-9-8-21-25(31)24(15-20-7-4-10-27-16-20)32-26(21)22(23)18-29-13-11-28(12-14-29)17-19-5-2-1-3-6-19/h1-10,15-16,30H,11-14,17-18H2/b24-15-. The third-order valence-electron chi connectivity index (χ3n) is 5.99. The second-order valence-corrected chi connectivity index (χ2v) is 8.20. The summed E-state index contributed by atoms with van der Waals surface area (Å²) in [6.45, 7) is 5.18. The quantitative estimate of drug-likeness (QED) is 0.626. The van der Waals surface area contributed by atoms with Crippen LogP contribution in [0.15, 0.2) is 72.8 Å². The van der Waals surface area contributed by atoms with Crippen molar-refractivity contribution in [2.75, 3.05) is 26.2 Å². The van der Waals surface area contributed by atoms with Crippen molar-refractivity contribution in [1.29, 1.82) is 0 Å². The van der Waals surface area contributed by atoms with Gasteiger partial charge in [0.2, 0.25) is 5.78 Å². The minimum Gasteiger partial charge on any atom is -0.507 e. The third-order valence-corrected chi connectivity index (χ3v) is 5.99. The predicted octanol–water partition coefficient (Wildman–Crippen LogP) is 3.72. The number of aromatic hydroxyl groups is 1. The number of rotatable bonds is 5. The zero-order valence-electron chi connectivity index (χ0n) is 17.8. The lowest BCUT2D eigenvalue weighted by atomic mass is 10.0. The highest BCUT2D eigenvalue weighted by molar-refractivity contribution is 6.14. The molecule has 2 aromatic carbocycles. The van der Waals surface area contributed by atoms with E-state index < -0.39 is 0 Å². The van der Waals surface area contributed by atoms with Gasteiger partial charge in [-0.2, -0.15) is 0 Å². The highest BCUT2D eigenvalue weighted by Gasteiger charge is 2.32. The molecule has 1 saturated heterocycles. The molecule has 0 bridgehead atoms. The SMILES string of the molecule is O=C1/C(=C/c2cccnc2)Oc2c1ccc(O)c2CN1CCN(Cc2ccccc2)CC1. The van der Waals surface area contributed by atoms with Crippen molar-refractivity contribution < 1.29 is 14.6 Å². The normalized spacial score (nSPS) is 18.0. The molecule has 0 atom stereocenters. The first kappa shape index (κ1) is 20.4. The van der Waals surface area contributed by atoms with Crippen molar-refractivity contribution in [2.45, 2.75) is 13.1 Å². The van der Waals surface area contributed by atoms with Gasteiger partial charge in [0.05, 0.1) is 11.1 Å². The fourth-order valence-electron chi connectivity index (χ4n) is 4.23. The lowest BCUT2D eigenvalue weighted by Crippen LogP contribution is -2.45. The first-order valence-corrected chi connectivity index (χ1v) is 10.8. The van der Waals surface area contributed by atoms with E-state index in [2.05, 4.69) is 39.0 Å². The van der Waals surface area contributed by atoms with E-state index in [9.17, 15) is 9.90 Å². The van der Waals surface area contributed by atoms with Crippen LogP contribution in [0.25, 0.3) is 6.08 Å². The van der Waals surface area contributed by atoms with E-state index in [-0.39, 0.29) is 17.3 Å². The molecule has 1 aromatic heterocycles. The van der Waals surface area contributed by atoms with Gasteiger partial charge in [0.15, 0.2) is 5.76 Å². The number of pyridine rings is 1. The largest absolute Gasteiger partial charge is 0.507 e. The number of hydrogen-bond acceptors (Lipinski definition) is 6. The number of aromatic nitrogens is 1. The molecule has 3 heterocycles. The minimum atomic E-state index is -0.169. The number of allylic oxidation sites excluding steroid dienone is 1. The minimum absolute atomic E-state index is 0.158. The summed E-state index contributed by atoms with van der Waals surface area (Å²) >= 11 is 0. The van der Waals surface area contributed by atoms with Crippen molar-refractivity contribution >= 4 is 11.9 Å². The van der Waals surface area contributed by atoms with Gasteiger partial charge >= 0.3 is 0 Å². The molecular weight excluding hydrogens is 402 g/mol. The Labute approximate surface area is 187 Å². The fourth-order valence-corrected chi connectivity index (χ4v) is 4.23. The molecule has 0 amide bonds. The smallest absolute Gasteiger partial charge is 0.231 e. The molecule has 0 spiro atoms. The summed E-state index contributed by atoms with van der Waals surface area (Å²) in [5.41, 5.74) is 3.28. The van der Waals surface area contributed by atoms with Crippen LogP contribution in [0.1, 0.15) is 27.0 Å². The Morgan fingerprint density at radius 3 is 2.41 bits per heavy atom. The van der Waals surface area contributed by atoms with E-state index in [1.807, 2.05) is 18.2 Å². The predicted molar refractivity (Wildman–Crippen MR) is 122 cm³/mol. The van der Waals surface area contributed by atoms with Crippen molar-refractivity contribution in [3.63, 3.8) is 0 Å². The molecule has 6 heteroatoms. The molecule has 5 rings (SSSR count). The summed E-state index contributed by atoms with van der Waals surface area (Å²) in [4.78, 5) is 21.7. The van der Waals surface area contributed by atoms with Crippen LogP contribution in [0.3, 0.4) is 0 Å². The Morgan fingerprint density at radius 2 is 1.69 bits per heavy atom. The summed E-state index contributed by atoms with van der Waals surface area (Å²) in [7, 11) is 0. The topological polar surface area (TPSA) is 65.9 Å². The highest BCUT2D eigenvalue weighted by atomic mass is 16.5. The Bertz CT molecular complexity index is 1140. The number of fused-ring (bicyclic) bond motifs is 1. The van der Waals surface area contributed by atoms with E-state index in [4.69, 9.17) is 4.74 Å². The van der Waals surface area contributed by atoms with Crippen LogP contribution in [0, 0.1) is 0 Å². The summed E-state index contributed by atoms with van der Waals surface area (Å²) in [6, 6.07) is 17.4. The lowest BCUT2D eigenvalue weighted by Gasteiger charge is -2.35. The Hall–Kier alpha value is -3.48. The number of Topliss-reactive ketones (excluding diaryl/α,β-unsaturated/α-hetero) is 1. The second-order valence-electron chi connectivity index (χ2n) is 8.20. The number of carbonyl (C=O) groups is 1. The summed E-state index contributed by atoms with van der Waals surface area (Å²) < 4.78 is 5.96. The molecule has 0 unspecified atom stereocenters. The molecule has 0 radical (unpaired) electrons. The molecule has 3 aromatic rings. The van der Waals surface area contributed by atoms with E-state index in [0.29, 0.717) is 23.4 Å². The van der Waals surface area contributed by atoms with Crippen LogP contribution in [-0.2, 0) is 13.1 Å². The first-order chi connectivity index (χ1) is 15.7. The highest BCUT2D eigenvalue weighted by Crippen LogP contribution is 2.40. The summed E-state index contributed by atoms with van der Waals surface area (Å²) in [5, 5.41) is 10.6. The van der Waals surface area contributed by atoms with Crippen LogP contribution in [-0.4, -0.2) is 51.9 Å². The summed E-state index contributed by atoms with van der Waals surface area (Å²) in [5.74, 6) is 0.716. The van der Waals surface area contributed by atoms with Crippen LogP contribution in [0.2, 0.25) is 0 Å². The number of nitrogens with zero attached hydrogens (tertiary/aromatic N) is 3. The van der Waals surface area contributed by atoms with Gasteiger partial charge in [-0.1, -0.05) is 36.4 Å². The average molecular weight is 428 g/mol. The van der Waals surface area contributed by atoms with Crippen LogP contribution < -0.4 is 4.74 Å². The second kappa shape index (κ2) is 8.94. The number of piperazine rings is 1. The zero-order valence-corrected chi connectivity index (χ0v) is 17.8. The Morgan fingerprint density at radius 1 is 0.938 bits per heavy atom.